The second-order valence-corrected chi connectivity index (χ2v) is 5.36. The lowest BCUT2D eigenvalue weighted by Gasteiger charge is -2.14. The summed E-state index contributed by atoms with van der Waals surface area (Å²) in [6.07, 6.45) is 3.77. The van der Waals surface area contributed by atoms with Crippen molar-refractivity contribution in [2.75, 3.05) is 11.1 Å². The van der Waals surface area contributed by atoms with E-state index in [4.69, 9.17) is 0 Å². The number of thioether (sulfide) groups is 1. The first-order valence-corrected chi connectivity index (χ1v) is 6.71. The van der Waals surface area contributed by atoms with E-state index in [1.807, 2.05) is 24.2 Å². The van der Waals surface area contributed by atoms with Gasteiger partial charge in [-0.05, 0) is 30.2 Å². The number of aryl methyl sites for hydroxylation is 1. The average Bonchev–Trinajstić information content (AvgIpc) is 2.73. The van der Waals surface area contributed by atoms with Crippen molar-refractivity contribution in [2.24, 2.45) is 0 Å². The van der Waals surface area contributed by atoms with E-state index in [9.17, 15) is 0 Å². The summed E-state index contributed by atoms with van der Waals surface area (Å²) in [5, 5.41) is 3.55. The van der Waals surface area contributed by atoms with Gasteiger partial charge in [-0.3, -0.25) is 4.98 Å². The molecule has 2 nitrogen and oxygen atoms in total. The van der Waals surface area contributed by atoms with Crippen molar-refractivity contribution in [3.05, 3.63) is 53.9 Å². The van der Waals surface area contributed by atoms with Gasteiger partial charge in [-0.15, -0.1) is 11.8 Å². The number of nitrogens with zero attached hydrogens (tertiary/aromatic N) is 1. The maximum atomic E-state index is 4.21. The van der Waals surface area contributed by atoms with Crippen LogP contribution in [-0.2, 0) is 0 Å². The van der Waals surface area contributed by atoms with Crippen LogP contribution in [0, 0.1) is 6.92 Å². The Bertz CT molecular complexity index is 539. The van der Waals surface area contributed by atoms with Gasteiger partial charge in [0, 0.05) is 23.0 Å². The molecule has 1 aromatic heterocycles. The van der Waals surface area contributed by atoms with Crippen LogP contribution in [0.5, 0.6) is 0 Å². The van der Waals surface area contributed by atoms with Gasteiger partial charge < -0.3 is 5.32 Å². The fraction of sp³-hybridized carbons (Fsp3) is 0.214. The molecule has 2 heterocycles. The van der Waals surface area contributed by atoms with Crippen LogP contribution in [0.4, 0.5) is 5.69 Å². The number of fused-ring (bicyclic) bond motifs is 1. The summed E-state index contributed by atoms with van der Waals surface area (Å²) in [4.78, 5) is 5.61. The topological polar surface area (TPSA) is 24.9 Å². The first-order chi connectivity index (χ1) is 8.33. The predicted octanol–water partition coefficient (Wildman–Crippen LogP) is 3.65. The second kappa shape index (κ2) is 4.41. The van der Waals surface area contributed by atoms with Crippen molar-refractivity contribution >= 4 is 17.4 Å². The van der Waals surface area contributed by atoms with Gasteiger partial charge in [0.1, 0.15) is 0 Å². The Morgan fingerprint density at radius 3 is 3.06 bits per heavy atom. The summed E-state index contributed by atoms with van der Waals surface area (Å²) in [5.41, 5.74) is 3.69. The third-order valence-electron chi connectivity index (χ3n) is 2.92. The van der Waals surface area contributed by atoms with Crippen LogP contribution in [0.3, 0.4) is 0 Å². The van der Waals surface area contributed by atoms with Crippen LogP contribution < -0.4 is 5.32 Å². The fourth-order valence-corrected chi connectivity index (χ4v) is 3.28. The van der Waals surface area contributed by atoms with Gasteiger partial charge in [0.15, 0.2) is 0 Å². The van der Waals surface area contributed by atoms with E-state index in [0.717, 1.165) is 11.4 Å². The highest BCUT2D eigenvalue weighted by molar-refractivity contribution is 7.99. The molecule has 0 aliphatic carbocycles. The number of aromatic nitrogens is 1. The number of pyridine rings is 1. The zero-order valence-electron chi connectivity index (χ0n) is 9.68. The predicted molar refractivity (Wildman–Crippen MR) is 72.5 cm³/mol. The standard InChI is InChI=1S/C14H14N2S/c1-10-6-11(8-15-7-10)16-13-9-17-14-5-3-2-4-12(13)14/h2-8,13,16H,9H2,1H3. The van der Waals surface area contributed by atoms with Crippen molar-refractivity contribution in [3.63, 3.8) is 0 Å². The normalized spacial score (nSPS) is 17.8. The lowest BCUT2D eigenvalue weighted by molar-refractivity contribution is 0.897. The van der Waals surface area contributed by atoms with Crippen molar-refractivity contribution in [3.8, 4) is 0 Å². The maximum absolute atomic E-state index is 4.21. The first kappa shape index (κ1) is 10.7. The SMILES string of the molecule is Cc1cncc(NC2CSc3ccccc32)c1. The van der Waals surface area contributed by atoms with Gasteiger partial charge in [0.05, 0.1) is 11.7 Å². The van der Waals surface area contributed by atoms with Crippen molar-refractivity contribution in [1.82, 2.24) is 4.98 Å². The minimum absolute atomic E-state index is 0.403. The molecule has 0 spiro atoms. The third-order valence-corrected chi connectivity index (χ3v) is 4.10. The third kappa shape index (κ3) is 2.15. The van der Waals surface area contributed by atoms with Crippen molar-refractivity contribution in [2.45, 2.75) is 17.9 Å². The molecule has 1 aromatic carbocycles. The van der Waals surface area contributed by atoms with Crippen LogP contribution in [0.25, 0.3) is 0 Å². The Morgan fingerprint density at radius 1 is 1.29 bits per heavy atom. The number of benzene rings is 1. The van der Waals surface area contributed by atoms with E-state index in [1.54, 1.807) is 0 Å². The molecular weight excluding hydrogens is 228 g/mol. The molecule has 17 heavy (non-hydrogen) atoms. The maximum Gasteiger partial charge on any atom is 0.0619 e. The summed E-state index contributed by atoms with van der Waals surface area (Å²) in [5.74, 6) is 1.09. The van der Waals surface area contributed by atoms with Gasteiger partial charge in [-0.25, -0.2) is 0 Å². The quantitative estimate of drug-likeness (QED) is 0.870. The molecule has 0 fully saturated rings. The van der Waals surface area contributed by atoms with E-state index in [-0.39, 0.29) is 0 Å². The Labute approximate surface area is 105 Å². The number of anilines is 1. The molecule has 0 bridgehead atoms. The lowest BCUT2D eigenvalue weighted by Crippen LogP contribution is -2.09. The summed E-state index contributed by atoms with van der Waals surface area (Å²) in [6, 6.07) is 11.1. The van der Waals surface area contributed by atoms with E-state index in [2.05, 4.69) is 47.6 Å². The highest BCUT2D eigenvalue weighted by Gasteiger charge is 2.22. The molecule has 1 N–H and O–H groups in total. The van der Waals surface area contributed by atoms with E-state index in [0.29, 0.717) is 6.04 Å². The average molecular weight is 242 g/mol. The number of nitrogens with one attached hydrogen (secondary N) is 1. The molecule has 1 atom stereocenters. The molecule has 3 rings (SSSR count). The van der Waals surface area contributed by atoms with Crippen LogP contribution in [0.15, 0.2) is 47.6 Å². The monoisotopic (exact) mass is 242 g/mol. The molecule has 0 saturated carbocycles. The van der Waals surface area contributed by atoms with Crippen LogP contribution in [0.2, 0.25) is 0 Å². The smallest absolute Gasteiger partial charge is 0.0619 e. The van der Waals surface area contributed by atoms with E-state index in [1.165, 1.54) is 16.0 Å². The van der Waals surface area contributed by atoms with E-state index >= 15 is 0 Å². The van der Waals surface area contributed by atoms with Gasteiger partial charge in [0.2, 0.25) is 0 Å². The molecule has 0 saturated heterocycles. The summed E-state index contributed by atoms with van der Waals surface area (Å²) in [7, 11) is 0. The second-order valence-electron chi connectivity index (χ2n) is 4.30. The summed E-state index contributed by atoms with van der Waals surface area (Å²) < 4.78 is 0. The zero-order chi connectivity index (χ0) is 11.7. The Morgan fingerprint density at radius 2 is 2.18 bits per heavy atom. The fourth-order valence-electron chi connectivity index (χ4n) is 2.12. The Balaban J connectivity index is 1.84. The van der Waals surface area contributed by atoms with Gasteiger partial charge in [-0.2, -0.15) is 0 Å². The minimum Gasteiger partial charge on any atom is -0.376 e. The Hall–Kier alpha value is -1.48. The zero-order valence-corrected chi connectivity index (χ0v) is 10.5. The van der Waals surface area contributed by atoms with Crippen LogP contribution in [-0.4, -0.2) is 10.7 Å². The van der Waals surface area contributed by atoms with E-state index < -0.39 is 0 Å². The molecule has 86 valence electrons. The van der Waals surface area contributed by atoms with Gasteiger partial charge in [0.25, 0.3) is 0 Å². The van der Waals surface area contributed by atoms with Gasteiger partial charge >= 0.3 is 0 Å². The molecule has 2 aromatic rings. The highest BCUT2D eigenvalue weighted by Crippen LogP contribution is 2.39. The highest BCUT2D eigenvalue weighted by atomic mass is 32.2. The lowest BCUT2D eigenvalue weighted by atomic mass is 10.1. The van der Waals surface area contributed by atoms with Crippen molar-refractivity contribution < 1.29 is 0 Å². The molecule has 0 amide bonds. The minimum atomic E-state index is 0.403. The number of hydrogen-bond acceptors (Lipinski definition) is 3. The molecule has 1 unspecified atom stereocenters. The van der Waals surface area contributed by atoms with Gasteiger partial charge in [-0.1, -0.05) is 18.2 Å². The number of rotatable bonds is 2. The summed E-state index contributed by atoms with van der Waals surface area (Å²) in [6.45, 7) is 2.07. The molecule has 1 aliphatic heterocycles. The first-order valence-electron chi connectivity index (χ1n) is 5.73. The summed E-state index contributed by atoms with van der Waals surface area (Å²) >= 11 is 1.92. The van der Waals surface area contributed by atoms with Crippen LogP contribution >= 0.6 is 11.8 Å². The molecule has 3 heteroatoms. The number of hydrogen-bond donors (Lipinski definition) is 1. The molecule has 0 radical (unpaired) electrons. The molecule has 1 aliphatic rings. The Kier molecular flexibility index (Phi) is 2.77. The largest absolute Gasteiger partial charge is 0.376 e. The van der Waals surface area contributed by atoms with Crippen LogP contribution in [0.1, 0.15) is 17.2 Å². The van der Waals surface area contributed by atoms with Crippen molar-refractivity contribution in [1.29, 1.82) is 0 Å². The molecular formula is C14H14N2S.